The Labute approximate surface area is 116 Å². The maximum atomic E-state index is 11.7. The molecule has 0 aliphatic heterocycles. The molecule has 1 aromatic carbocycles. The number of amides is 3. The van der Waals surface area contributed by atoms with Gasteiger partial charge in [0.1, 0.15) is 11.8 Å². The first-order valence-electron chi connectivity index (χ1n) is 5.95. The maximum Gasteiger partial charge on any atom is 0.269 e. The van der Waals surface area contributed by atoms with Gasteiger partial charge in [0, 0.05) is 12.5 Å². The van der Waals surface area contributed by atoms with Gasteiger partial charge in [-0.2, -0.15) is 0 Å². The van der Waals surface area contributed by atoms with Gasteiger partial charge in [-0.25, -0.2) is 0 Å². The third-order valence-electron chi connectivity index (χ3n) is 2.46. The Balaban J connectivity index is 2.50. The number of methoxy groups -OCH3 is 1. The van der Waals surface area contributed by atoms with Gasteiger partial charge in [0.25, 0.3) is 11.8 Å². The van der Waals surface area contributed by atoms with Crippen molar-refractivity contribution in [3.63, 3.8) is 0 Å². The Kier molecular flexibility index (Phi) is 5.52. The zero-order valence-electron chi connectivity index (χ0n) is 11.5. The lowest BCUT2D eigenvalue weighted by molar-refractivity contribution is -0.128. The molecule has 0 aromatic heterocycles. The van der Waals surface area contributed by atoms with Gasteiger partial charge in [-0.15, -0.1) is 0 Å². The smallest absolute Gasteiger partial charge is 0.269 e. The molecule has 0 spiro atoms. The average molecular weight is 279 g/mol. The highest BCUT2D eigenvalue weighted by molar-refractivity contribution is 5.96. The van der Waals surface area contributed by atoms with E-state index in [1.165, 1.54) is 21.0 Å². The van der Waals surface area contributed by atoms with Crippen molar-refractivity contribution in [2.45, 2.75) is 19.9 Å². The molecule has 0 radical (unpaired) electrons. The van der Waals surface area contributed by atoms with Crippen LogP contribution in [0.2, 0.25) is 0 Å². The van der Waals surface area contributed by atoms with Crippen LogP contribution < -0.4 is 20.9 Å². The molecule has 7 nitrogen and oxygen atoms in total. The van der Waals surface area contributed by atoms with Crippen LogP contribution in [0.3, 0.4) is 0 Å². The molecule has 1 atom stereocenters. The van der Waals surface area contributed by atoms with Gasteiger partial charge < -0.3 is 10.1 Å². The number of benzene rings is 1. The first-order valence-corrected chi connectivity index (χ1v) is 5.95. The van der Waals surface area contributed by atoms with Crippen molar-refractivity contribution < 1.29 is 19.1 Å². The highest BCUT2D eigenvalue weighted by atomic mass is 16.5. The molecule has 3 amide bonds. The van der Waals surface area contributed by atoms with Gasteiger partial charge >= 0.3 is 0 Å². The quantitative estimate of drug-likeness (QED) is 0.675. The molecule has 7 heteroatoms. The Morgan fingerprint density at radius 1 is 1.10 bits per heavy atom. The second-order valence-electron chi connectivity index (χ2n) is 4.09. The summed E-state index contributed by atoms with van der Waals surface area (Å²) in [7, 11) is 1.53. The minimum atomic E-state index is -0.733. The minimum absolute atomic E-state index is 0.325. The Hall–Kier alpha value is -2.57. The van der Waals surface area contributed by atoms with E-state index in [0.29, 0.717) is 11.3 Å². The summed E-state index contributed by atoms with van der Waals surface area (Å²) in [6.45, 7) is 2.82. The number of rotatable bonds is 4. The summed E-state index contributed by atoms with van der Waals surface area (Å²) in [5, 5.41) is 2.40. The van der Waals surface area contributed by atoms with E-state index in [9.17, 15) is 14.4 Å². The van der Waals surface area contributed by atoms with Gasteiger partial charge in [0.15, 0.2) is 0 Å². The van der Waals surface area contributed by atoms with Gasteiger partial charge in [0.2, 0.25) is 5.91 Å². The summed E-state index contributed by atoms with van der Waals surface area (Å²) in [6, 6.07) is 5.67. The van der Waals surface area contributed by atoms with E-state index >= 15 is 0 Å². The molecule has 0 aliphatic rings. The summed E-state index contributed by atoms with van der Waals surface area (Å²) in [5.74, 6) is -0.669. The van der Waals surface area contributed by atoms with Crippen LogP contribution in [0.4, 0.5) is 0 Å². The van der Waals surface area contributed by atoms with Crippen molar-refractivity contribution in [2.24, 2.45) is 0 Å². The average Bonchev–Trinajstić information content (AvgIpc) is 2.43. The van der Waals surface area contributed by atoms with E-state index in [2.05, 4.69) is 16.2 Å². The van der Waals surface area contributed by atoms with E-state index in [1.807, 2.05) is 0 Å². The lowest BCUT2D eigenvalue weighted by Crippen LogP contribution is -2.50. The monoisotopic (exact) mass is 279 g/mol. The van der Waals surface area contributed by atoms with Crippen LogP contribution in [-0.2, 0) is 9.59 Å². The van der Waals surface area contributed by atoms with Gasteiger partial charge in [-0.05, 0) is 31.2 Å². The Morgan fingerprint density at radius 3 is 2.20 bits per heavy atom. The summed E-state index contributed by atoms with van der Waals surface area (Å²) in [5.41, 5.74) is 4.86. The third kappa shape index (κ3) is 4.60. The number of carbonyl (C=O) groups is 3. The number of nitrogens with one attached hydrogen (secondary N) is 3. The van der Waals surface area contributed by atoms with Crippen molar-refractivity contribution >= 4 is 17.7 Å². The van der Waals surface area contributed by atoms with Gasteiger partial charge in [-0.3, -0.25) is 25.2 Å². The molecule has 108 valence electrons. The molecular weight excluding hydrogens is 262 g/mol. The van der Waals surface area contributed by atoms with Crippen LogP contribution >= 0.6 is 0 Å². The van der Waals surface area contributed by atoms with Crippen molar-refractivity contribution in [3.8, 4) is 5.75 Å². The molecule has 1 unspecified atom stereocenters. The second kappa shape index (κ2) is 7.13. The van der Waals surface area contributed by atoms with Crippen LogP contribution in [0.1, 0.15) is 24.2 Å². The lowest BCUT2D eigenvalue weighted by atomic mass is 10.2. The molecule has 0 aliphatic carbocycles. The minimum Gasteiger partial charge on any atom is -0.497 e. The molecule has 0 saturated carbocycles. The van der Waals surface area contributed by atoms with E-state index in [1.54, 1.807) is 24.3 Å². The lowest BCUT2D eigenvalue weighted by Gasteiger charge is -2.13. The number of hydrogen-bond acceptors (Lipinski definition) is 4. The molecule has 0 bridgehead atoms. The van der Waals surface area contributed by atoms with E-state index in [4.69, 9.17) is 4.74 Å². The second-order valence-corrected chi connectivity index (χ2v) is 4.09. The fourth-order valence-electron chi connectivity index (χ4n) is 1.41. The largest absolute Gasteiger partial charge is 0.497 e. The van der Waals surface area contributed by atoms with Crippen molar-refractivity contribution in [1.29, 1.82) is 0 Å². The predicted octanol–water partition coefficient (Wildman–Crippen LogP) is -0.0192. The van der Waals surface area contributed by atoms with Crippen molar-refractivity contribution in [3.05, 3.63) is 29.8 Å². The van der Waals surface area contributed by atoms with Crippen LogP contribution in [0, 0.1) is 0 Å². The topological polar surface area (TPSA) is 96.5 Å². The first kappa shape index (κ1) is 15.5. The van der Waals surface area contributed by atoms with Gasteiger partial charge in [0.05, 0.1) is 7.11 Å². The molecular formula is C13H17N3O4. The van der Waals surface area contributed by atoms with E-state index in [0.717, 1.165) is 0 Å². The Morgan fingerprint density at radius 2 is 1.70 bits per heavy atom. The zero-order valence-corrected chi connectivity index (χ0v) is 11.5. The highest BCUT2D eigenvalue weighted by Crippen LogP contribution is 2.10. The molecule has 1 aromatic rings. The van der Waals surface area contributed by atoms with Crippen LogP contribution in [-0.4, -0.2) is 30.9 Å². The number of ether oxygens (including phenoxy) is 1. The van der Waals surface area contributed by atoms with Crippen LogP contribution in [0.15, 0.2) is 24.3 Å². The molecule has 3 N–H and O–H groups in total. The number of hydrogen-bond donors (Lipinski definition) is 3. The number of carbonyl (C=O) groups excluding carboxylic acids is 3. The summed E-state index contributed by atoms with van der Waals surface area (Å²) in [6.07, 6.45) is 0. The van der Waals surface area contributed by atoms with E-state index in [-0.39, 0.29) is 5.91 Å². The van der Waals surface area contributed by atoms with Gasteiger partial charge in [-0.1, -0.05) is 0 Å². The molecule has 0 saturated heterocycles. The number of hydrazine groups is 1. The fraction of sp³-hybridized carbons (Fsp3) is 0.308. The summed E-state index contributed by atoms with van der Waals surface area (Å²) in [4.78, 5) is 34.1. The standard InChI is InChI=1S/C13H17N3O4/c1-8(14-9(2)17)12(18)15-16-13(19)10-4-6-11(20-3)7-5-10/h4-8H,1-3H3,(H,14,17)(H,15,18)(H,16,19). The van der Waals surface area contributed by atoms with Crippen LogP contribution in [0.25, 0.3) is 0 Å². The fourth-order valence-corrected chi connectivity index (χ4v) is 1.41. The zero-order chi connectivity index (χ0) is 15.1. The molecule has 0 fully saturated rings. The van der Waals surface area contributed by atoms with Crippen molar-refractivity contribution in [1.82, 2.24) is 16.2 Å². The molecule has 1 rings (SSSR count). The SMILES string of the molecule is COc1ccc(C(=O)NNC(=O)C(C)NC(C)=O)cc1. The summed E-state index contributed by atoms with van der Waals surface area (Å²) >= 11 is 0. The third-order valence-corrected chi connectivity index (χ3v) is 2.46. The summed E-state index contributed by atoms with van der Waals surface area (Å²) < 4.78 is 4.97. The first-order chi connectivity index (χ1) is 9.43. The highest BCUT2D eigenvalue weighted by Gasteiger charge is 2.14. The Bertz CT molecular complexity index is 499. The van der Waals surface area contributed by atoms with E-state index < -0.39 is 17.9 Å². The predicted molar refractivity (Wildman–Crippen MR) is 71.9 cm³/mol. The normalized spacial score (nSPS) is 11.2. The molecule has 0 heterocycles. The van der Waals surface area contributed by atoms with Crippen LogP contribution in [0.5, 0.6) is 5.75 Å². The van der Waals surface area contributed by atoms with Crippen molar-refractivity contribution in [2.75, 3.05) is 7.11 Å². The maximum absolute atomic E-state index is 11.7. The molecule has 20 heavy (non-hydrogen) atoms.